The number of nitrogens with one attached hydrogen (secondary N) is 1. The Bertz CT molecular complexity index is 635. The summed E-state index contributed by atoms with van der Waals surface area (Å²) < 4.78 is 0. The van der Waals surface area contributed by atoms with E-state index in [2.05, 4.69) is 5.32 Å². The smallest absolute Gasteiger partial charge is 0.315 e. The summed E-state index contributed by atoms with van der Waals surface area (Å²) in [6.07, 6.45) is 0.400. The number of hydrogen-bond acceptors (Lipinski definition) is 3. The zero-order chi connectivity index (χ0) is 16.4. The zero-order valence-corrected chi connectivity index (χ0v) is 13.2. The molecule has 118 valence electrons. The van der Waals surface area contributed by atoms with Crippen molar-refractivity contribution in [2.24, 2.45) is 5.92 Å². The first kappa shape index (κ1) is 16.6. The van der Waals surface area contributed by atoms with E-state index in [1.807, 2.05) is 0 Å². The summed E-state index contributed by atoms with van der Waals surface area (Å²) in [5.74, 6) is -3.41. The Kier molecular flexibility index (Phi) is 4.93. The maximum absolute atomic E-state index is 12.3. The molecule has 0 radical (unpaired) electrons. The van der Waals surface area contributed by atoms with Crippen LogP contribution in [0.15, 0.2) is 18.2 Å². The highest BCUT2D eigenvalue weighted by molar-refractivity contribution is 6.42. The molecule has 1 aromatic rings. The molecule has 22 heavy (non-hydrogen) atoms. The van der Waals surface area contributed by atoms with E-state index >= 15 is 0 Å². The average molecular weight is 345 g/mol. The van der Waals surface area contributed by atoms with Crippen molar-refractivity contribution in [3.8, 4) is 0 Å². The predicted molar refractivity (Wildman–Crippen MR) is 82.2 cm³/mol. The van der Waals surface area contributed by atoms with Crippen molar-refractivity contribution in [3.05, 3.63) is 28.2 Å². The summed E-state index contributed by atoms with van der Waals surface area (Å²) in [5.41, 5.74) is 0.586. The fraction of sp³-hybridized carbons (Fsp3) is 0.357. The van der Waals surface area contributed by atoms with Gasteiger partial charge in [0.05, 0.1) is 10.0 Å². The Labute approximate surface area is 137 Å². The van der Waals surface area contributed by atoms with Gasteiger partial charge in [0.25, 0.3) is 0 Å². The lowest BCUT2D eigenvalue weighted by Crippen LogP contribution is -2.45. The zero-order valence-electron chi connectivity index (χ0n) is 11.7. The van der Waals surface area contributed by atoms with Crippen molar-refractivity contribution in [1.82, 2.24) is 5.32 Å². The van der Waals surface area contributed by atoms with Crippen LogP contribution >= 0.6 is 23.2 Å². The molecule has 0 bridgehead atoms. The number of amides is 2. The predicted octanol–water partition coefficient (Wildman–Crippen LogP) is 1.94. The molecule has 0 aromatic heterocycles. The van der Waals surface area contributed by atoms with Gasteiger partial charge in [-0.2, -0.15) is 0 Å². The second-order valence-corrected chi connectivity index (χ2v) is 5.81. The van der Waals surface area contributed by atoms with Crippen LogP contribution in [0.25, 0.3) is 0 Å². The topological polar surface area (TPSA) is 86.7 Å². The first-order chi connectivity index (χ1) is 10.3. The van der Waals surface area contributed by atoms with Crippen LogP contribution in [-0.2, 0) is 14.4 Å². The Morgan fingerprint density at radius 3 is 2.64 bits per heavy atom. The number of rotatable bonds is 4. The third-order valence-electron chi connectivity index (χ3n) is 3.50. The van der Waals surface area contributed by atoms with E-state index in [0.717, 1.165) is 0 Å². The molecule has 1 saturated heterocycles. The second-order valence-electron chi connectivity index (χ2n) is 5.00. The molecule has 1 aliphatic rings. The number of aliphatic carboxylic acids is 1. The van der Waals surface area contributed by atoms with Crippen LogP contribution < -0.4 is 10.2 Å². The number of carbonyl (C=O) groups excluding carboxylic acids is 2. The number of nitrogens with zero attached hydrogens (tertiary/aromatic N) is 1. The lowest BCUT2D eigenvalue weighted by molar-refractivity contribution is -0.146. The Hall–Kier alpha value is -1.79. The van der Waals surface area contributed by atoms with E-state index in [-0.39, 0.29) is 5.91 Å². The van der Waals surface area contributed by atoms with Gasteiger partial charge in [-0.25, -0.2) is 0 Å². The van der Waals surface area contributed by atoms with E-state index in [4.69, 9.17) is 28.3 Å². The third kappa shape index (κ3) is 3.34. The summed E-state index contributed by atoms with van der Waals surface area (Å²) in [6.45, 7) is 1.68. The highest BCUT2D eigenvalue weighted by Crippen LogP contribution is 2.29. The van der Waals surface area contributed by atoms with Crippen LogP contribution in [0.4, 0.5) is 5.69 Å². The fourth-order valence-corrected chi connectivity index (χ4v) is 2.42. The van der Waals surface area contributed by atoms with Crippen molar-refractivity contribution >= 4 is 46.7 Å². The number of benzene rings is 1. The van der Waals surface area contributed by atoms with Crippen molar-refractivity contribution < 1.29 is 19.5 Å². The molecule has 2 amide bonds. The number of halogens is 2. The molecule has 2 unspecified atom stereocenters. The van der Waals surface area contributed by atoms with Gasteiger partial charge in [0.15, 0.2) is 0 Å². The largest absolute Gasteiger partial charge is 0.481 e. The number of anilines is 1. The van der Waals surface area contributed by atoms with Gasteiger partial charge in [0.2, 0.25) is 11.8 Å². The van der Waals surface area contributed by atoms with E-state index in [9.17, 15) is 14.4 Å². The van der Waals surface area contributed by atoms with Crippen LogP contribution in [0.3, 0.4) is 0 Å². The number of carbonyl (C=O) groups is 3. The van der Waals surface area contributed by atoms with Crippen LogP contribution in [0.5, 0.6) is 0 Å². The number of carboxylic acid groups (broad SMARTS) is 1. The third-order valence-corrected chi connectivity index (χ3v) is 4.24. The van der Waals surface area contributed by atoms with Gasteiger partial charge in [-0.05, 0) is 31.5 Å². The molecular formula is C14H14Cl2N2O4. The van der Waals surface area contributed by atoms with Crippen molar-refractivity contribution in [1.29, 1.82) is 0 Å². The minimum absolute atomic E-state index is 0.302. The maximum atomic E-state index is 12.3. The van der Waals surface area contributed by atoms with Gasteiger partial charge in [-0.1, -0.05) is 23.2 Å². The van der Waals surface area contributed by atoms with E-state index < -0.39 is 23.8 Å². The molecule has 2 N–H and O–H groups in total. The highest BCUT2D eigenvalue weighted by atomic mass is 35.5. The Morgan fingerprint density at radius 1 is 1.36 bits per heavy atom. The first-order valence-corrected chi connectivity index (χ1v) is 7.36. The summed E-state index contributed by atoms with van der Waals surface area (Å²) in [4.78, 5) is 36.3. The molecule has 8 heteroatoms. The minimum Gasteiger partial charge on any atom is -0.481 e. The molecule has 0 saturated carbocycles. The standard InChI is InChI=1S/C14H14Cl2N2O4/c1-7(14(21)22)12(19)17-11-4-5-18(13(11)20)8-2-3-9(15)10(16)6-8/h2-3,6-7,11H,4-5H2,1H3,(H,17,19)(H,21,22). The van der Waals surface area contributed by atoms with Crippen LogP contribution in [-0.4, -0.2) is 35.5 Å². The summed E-state index contributed by atoms with van der Waals surface area (Å²) in [7, 11) is 0. The first-order valence-electron chi connectivity index (χ1n) is 6.61. The molecule has 2 rings (SSSR count). The van der Waals surface area contributed by atoms with E-state index in [0.29, 0.717) is 28.7 Å². The van der Waals surface area contributed by atoms with E-state index in [1.165, 1.54) is 11.8 Å². The number of carboxylic acids is 1. The Morgan fingerprint density at radius 2 is 2.05 bits per heavy atom. The minimum atomic E-state index is -1.23. The summed E-state index contributed by atoms with van der Waals surface area (Å²) >= 11 is 11.8. The van der Waals surface area contributed by atoms with Crippen LogP contribution in [0.1, 0.15) is 13.3 Å². The van der Waals surface area contributed by atoms with Gasteiger partial charge >= 0.3 is 5.97 Å². The SMILES string of the molecule is CC(C(=O)O)C(=O)NC1CCN(c2ccc(Cl)c(Cl)c2)C1=O. The molecule has 1 heterocycles. The van der Waals surface area contributed by atoms with Crippen molar-refractivity contribution in [2.75, 3.05) is 11.4 Å². The monoisotopic (exact) mass is 344 g/mol. The molecule has 0 aliphatic carbocycles. The fourth-order valence-electron chi connectivity index (χ4n) is 2.13. The molecule has 6 nitrogen and oxygen atoms in total. The highest BCUT2D eigenvalue weighted by Gasteiger charge is 2.35. The van der Waals surface area contributed by atoms with Crippen LogP contribution in [0.2, 0.25) is 10.0 Å². The summed E-state index contributed by atoms with van der Waals surface area (Å²) in [6, 6.07) is 4.09. The second kappa shape index (κ2) is 6.54. The van der Waals surface area contributed by atoms with Gasteiger partial charge in [0.1, 0.15) is 12.0 Å². The van der Waals surface area contributed by atoms with Gasteiger partial charge in [0, 0.05) is 12.2 Å². The van der Waals surface area contributed by atoms with Gasteiger partial charge in [-0.15, -0.1) is 0 Å². The molecule has 0 spiro atoms. The maximum Gasteiger partial charge on any atom is 0.315 e. The quantitative estimate of drug-likeness (QED) is 0.817. The molecule has 2 atom stereocenters. The number of hydrogen-bond donors (Lipinski definition) is 2. The molecular weight excluding hydrogens is 331 g/mol. The summed E-state index contributed by atoms with van der Waals surface area (Å²) in [5, 5.41) is 12.0. The molecule has 1 aromatic carbocycles. The van der Waals surface area contributed by atoms with Crippen molar-refractivity contribution in [2.45, 2.75) is 19.4 Å². The lowest BCUT2D eigenvalue weighted by Gasteiger charge is -2.18. The molecule has 1 fully saturated rings. The van der Waals surface area contributed by atoms with E-state index in [1.54, 1.807) is 18.2 Å². The van der Waals surface area contributed by atoms with Gasteiger partial charge in [-0.3, -0.25) is 14.4 Å². The van der Waals surface area contributed by atoms with Gasteiger partial charge < -0.3 is 15.3 Å². The van der Waals surface area contributed by atoms with Crippen molar-refractivity contribution in [3.63, 3.8) is 0 Å². The lowest BCUT2D eigenvalue weighted by atomic mass is 10.1. The average Bonchev–Trinajstić information content (AvgIpc) is 2.82. The Balaban J connectivity index is 2.08. The normalized spacial score (nSPS) is 19.1. The van der Waals surface area contributed by atoms with Crippen LogP contribution in [0, 0.1) is 5.92 Å². The molecule has 1 aliphatic heterocycles.